The molecule has 0 radical (unpaired) electrons. The zero-order chi connectivity index (χ0) is 14.0. The SMILES string of the molecule is Cc1nn(C)c(CC(C)C(Cl)c2ccccc2)c1Br. The lowest BCUT2D eigenvalue weighted by atomic mass is 9.96. The number of aromatic nitrogens is 2. The Kier molecular flexibility index (Phi) is 4.69. The Labute approximate surface area is 127 Å². The van der Waals surface area contributed by atoms with Gasteiger partial charge in [-0.2, -0.15) is 5.10 Å². The molecule has 1 aromatic heterocycles. The van der Waals surface area contributed by atoms with Crippen molar-refractivity contribution in [2.75, 3.05) is 0 Å². The van der Waals surface area contributed by atoms with E-state index in [0.717, 1.165) is 16.6 Å². The highest BCUT2D eigenvalue weighted by molar-refractivity contribution is 9.10. The van der Waals surface area contributed by atoms with Gasteiger partial charge in [0.25, 0.3) is 0 Å². The van der Waals surface area contributed by atoms with Crippen LogP contribution in [-0.2, 0) is 13.5 Å². The third kappa shape index (κ3) is 3.21. The first-order valence-corrected chi connectivity index (χ1v) is 7.60. The highest BCUT2D eigenvalue weighted by atomic mass is 79.9. The smallest absolute Gasteiger partial charge is 0.0738 e. The van der Waals surface area contributed by atoms with E-state index in [0.29, 0.717) is 5.92 Å². The third-order valence-corrected chi connectivity index (χ3v) is 5.11. The van der Waals surface area contributed by atoms with Gasteiger partial charge in [-0.25, -0.2) is 0 Å². The lowest BCUT2D eigenvalue weighted by Gasteiger charge is -2.18. The van der Waals surface area contributed by atoms with Gasteiger partial charge < -0.3 is 0 Å². The van der Waals surface area contributed by atoms with Gasteiger partial charge in [0.1, 0.15) is 0 Å². The van der Waals surface area contributed by atoms with Crippen molar-refractivity contribution in [3.63, 3.8) is 0 Å². The second-order valence-electron chi connectivity index (χ2n) is 4.96. The average Bonchev–Trinajstić information content (AvgIpc) is 2.65. The quantitative estimate of drug-likeness (QED) is 0.740. The van der Waals surface area contributed by atoms with Crippen molar-refractivity contribution in [3.05, 3.63) is 51.8 Å². The van der Waals surface area contributed by atoms with Crippen LogP contribution in [0.25, 0.3) is 0 Å². The molecule has 0 bridgehead atoms. The fourth-order valence-electron chi connectivity index (χ4n) is 2.28. The van der Waals surface area contributed by atoms with E-state index in [1.165, 1.54) is 11.3 Å². The summed E-state index contributed by atoms with van der Waals surface area (Å²) in [5.74, 6) is 0.343. The van der Waals surface area contributed by atoms with Gasteiger partial charge in [-0.05, 0) is 40.8 Å². The lowest BCUT2D eigenvalue weighted by Crippen LogP contribution is -2.11. The number of rotatable bonds is 4. The fraction of sp³-hybridized carbons (Fsp3) is 0.400. The first-order chi connectivity index (χ1) is 9.00. The summed E-state index contributed by atoms with van der Waals surface area (Å²) in [5, 5.41) is 4.44. The predicted octanol–water partition coefficient (Wildman–Crippen LogP) is 4.65. The van der Waals surface area contributed by atoms with Crippen LogP contribution in [0.5, 0.6) is 0 Å². The van der Waals surface area contributed by atoms with E-state index in [1.807, 2.05) is 36.9 Å². The molecule has 0 aliphatic carbocycles. The predicted molar refractivity (Wildman–Crippen MR) is 83.5 cm³/mol. The second kappa shape index (κ2) is 6.10. The molecule has 102 valence electrons. The number of hydrogen-bond acceptors (Lipinski definition) is 1. The summed E-state index contributed by atoms with van der Waals surface area (Å²) in [5.41, 5.74) is 3.40. The molecule has 2 atom stereocenters. The highest BCUT2D eigenvalue weighted by Crippen LogP contribution is 2.33. The van der Waals surface area contributed by atoms with Crippen LogP contribution in [0.4, 0.5) is 0 Å². The molecule has 0 saturated carbocycles. The van der Waals surface area contributed by atoms with Crippen molar-refractivity contribution >= 4 is 27.5 Å². The summed E-state index contributed by atoms with van der Waals surface area (Å²) in [6.07, 6.45) is 0.904. The number of nitrogens with zero attached hydrogens (tertiary/aromatic N) is 2. The molecule has 2 unspecified atom stereocenters. The molecule has 4 heteroatoms. The van der Waals surface area contributed by atoms with E-state index in [-0.39, 0.29) is 5.38 Å². The van der Waals surface area contributed by atoms with Crippen molar-refractivity contribution in [2.45, 2.75) is 25.6 Å². The zero-order valence-electron chi connectivity index (χ0n) is 11.4. The minimum atomic E-state index is 0.0170. The highest BCUT2D eigenvalue weighted by Gasteiger charge is 2.20. The van der Waals surface area contributed by atoms with E-state index in [2.05, 4.69) is 40.1 Å². The maximum Gasteiger partial charge on any atom is 0.0738 e. The van der Waals surface area contributed by atoms with E-state index in [4.69, 9.17) is 11.6 Å². The summed E-state index contributed by atoms with van der Waals surface area (Å²) >= 11 is 10.2. The van der Waals surface area contributed by atoms with Gasteiger partial charge in [0.15, 0.2) is 0 Å². The Morgan fingerprint density at radius 2 is 1.95 bits per heavy atom. The zero-order valence-corrected chi connectivity index (χ0v) is 13.7. The first-order valence-electron chi connectivity index (χ1n) is 6.37. The summed E-state index contributed by atoms with van der Waals surface area (Å²) in [4.78, 5) is 0. The molecule has 0 aliphatic heterocycles. The Morgan fingerprint density at radius 1 is 1.32 bits per heavy atom. The minimum absolute atomic E-state index is 0.0170. The molecule has 0 aliphatic rings. The molecule has 1 heterocycles. The van der Waals surface area contributed by atoms with Crippen LogP contribution in [0.15, 0.2) is 34.8 Å². The second-order valence-corrected chi connectivity index (χ2v) is 6.23. The molecule has 2 rings (SSSR count). The van der Waals surface area contributed by atoms with Gasteiger partial charge in [-0.15, -0.1) is 11.6 Å². The Bertz CT molecular complexity index is 551. The van der Waals surface area contributed by atoms with Crippen LogP contribution in [0, 0.1) is 12.8 Å². The maximum absolute atomic E-state index is 6.57. The lowest BCUT2D eigenvalue weighted by molar-refractivity contribution is 0.530. The van der Waals surface area contributed by atoms with Crippen LogP contribution in [0.3, 0.4) is 0 Å². The van der Waals surface area contributed by atoms with Crippen LogP contribution in [0.2, 0.25) is 0 Å². The summed E-state index contributed by atoms with van der Waals surface area (Å²) < 4.78 is 3.03. The molecular weight excluding hydrogens is 324 g/mol. The number of benzene rings is 1. The first kappa shape index (κ1) is 14.6. The van der Waals surface area contributed by atoms with Crippen LogP contribution in [-0.4, -0.2) is 9.78 Å². The molecule has 0 amide bonds. The Balaban J connectivity index is 2.15. The van der Waals surface area contributed by atoms with Gasteiger partial charge in [-0.1, -0.05) is 37.3 Å². The van der Waals surface area contributed by atoms with E-state index < -0.39 is 0 Å². The number of aryl methyl sites for hydroxylation is 2. The van der Waals surface area contributed by atoms with Crippen molar-refractivity contribution < 1.29 is 0 Å². The monoisotopic (exact) mass is 340 g/mol. The van der Waals surface area contributed by atoms with Crippen LogP contribution in [0.1, 0.15) is 29.3 Å². The Hall–Kier alpha value is -0.800. The third-order valence-electron chi connectivity index (χ3n) is 3.39. The van der Waals surface area contributed by atoms with E-state index >= 15 is 0 Å². The fourth-order valence-corrected chi connectivity index (χ4v) is 3.01. The minimum Gasteiger partial charge on any atom is -0.271 e. The van der Waals surface area contributed by atoms with Crippen molar-refractivity contribution in [2.24, 2.45) is 13.0 Å². The molecule has 2 aromatic rings. The van der Waals surface area contributed by atoms with E-state index in [9.17, 15) is 0 Å². The summed E-state index contributed by atoms with van der Waals surface area (Å²) in [6, 6.07) is 10.2. The Morgan fingerprint density at radius 3 is 2.47 bits per heavy atom. The van der Waals surface area contributed by atoms with Gasteiger partial charge in [0.2, 0.25) is 0 Å². The molecule has 19 heavy (non-hydrogen) atoms. The molecule has 0 spiro atoms. The number of hydrogen-bond donors (Lipinski definition) is 0. The van der Waals surface area contributed by atoms with Gasteiger partial charge >= 0.3 is 0 Å². The average molecular weight is 342 g/mol. The standard InChI is InChI=1S/C15H18BrClN2/c1-10(15(17)12-7-5-4-6-8-12)9-13-14(16)11(2)18-19(13)3/h4-8,10,15H,9H2,1-3H3. The molecule has 2 nitrogen and oxygen atoms in total. The molecule has 0 saturated heterocycles. The largest absolute Gasteiger partial charge is 0.271 e. The van der Waals surface area contributed by atoms with Gasteiger partial charge in [0.05, 0.1) is 21.2 Å². The topological polar surface area (TPSA) is 17.8 Å². The van der Waals surface area contributed by atoms with Gasteiger partial charge in [-0.3, -0.25) is 4.68 Å². The maximum atomic E-state index is 6.57. The molecule has 0 fully saturated rings. The summed E-state index contributed by atoms with van der Waals surface area (Å²) in [7, 11) is 1.98. The van der Waals surface area contributed by atoms with Gasteiger partial charge in [0, 0.05) is 7.05 Å². The van der Waals surface area contributed by atoms with Crippen LogP contribution >= 0.6 is 27.5 Å². The van der Waals surface area contributed by atoms with Crippen molar-refractivity contribution in [3.8, 4) is 0 Å². The van der Waals surface area contributed by atoms with Crippen molar-refractivity contribution in [1.82, 2.24) is 9.78 Å². The number of alkyl halides is 1. The summed E-state index contributed by atoms with van der Waals surface area (Å²) in [6.45, 7) is 4.19. The van der Waals surface area contributed by atoms with E-state index in [1.54, 1.807) is 0 Å². The van der Waals surface area contributed by atoms with Crippen LogP contribution < -0.4 is 0 Å². The normalized spacial score (nSPS) is 14.4. The molecule has 0 N–H and O–H groups in total. The van der Waals surface area contributed by atoms with Crippen molar-refractivity contribution in [1.29, 1.82) is 0 Å². The number of halogens is 2. The molecule has 1 aromatic carbocycles. The molecular formula is C15H18BrClN2.